The van der Waals surface area contributed by atoms with Gasteiger partial charge in [0.25, 0.3) is 5.91 Å². The first kappa shape index (κ1) is 17.7. The van der Waals surface area contributed by atoms with Gasteiger partial charge in [0, 0.05) is 17.5 Å². The molecule has 0 aromatic carbocycles. The smallest absolute Gasteiger partial charge is 0.410 e. The van der Waals surface area contributed by atoms with E-state index in [0.29, 0.717) is 19.4 Å². The van der Waals surface area contributed by atoms with Crippen LogP contribution >= 0.6 is 11.3 Å². The molecule has 0 saturated carbocycles. The molecule has 0 spiro atoms. The van der Waals surface area contributed by atoms with E-state index in [1.807, 2.05) is 27.7 Å². The first-order valence-corrected chi connectivity index (χ1v) is 8.49. The Balaban J connectivity index is 2.05. The van der Waals surface area contributed by atoms with Crippen LogP contribution in [0.5, 0.6) is 0 Å². The summed E-state index contributed by atoms with van der Waals surface area (Å²) < 4.78 is 19.1. The fourth-order valence-corrected chi connectivity index (χ4v) is 3.81. The van der Waals surface area contributed by atoms with E-state index in [0.717, 1.165) is 16.2 Å². The largest absolute Gasteiger partial charge is 0.444 e. The Hall–Kier alpha value is -1.63. The van der Waals surface area contributed by atoms with E-state index in [-0.39, 0.29) is 22.9 Å². The average molecular weight is 342 g/mol. The molecule has 2 N–H and O–H groups in total. The second-order valence-electron chi connectivity index (χ2n) is 6.93. The summed E-state index contributed by atoms with van der Waals surface area (Å²) in [6.45, 7) is 8.01. The number of carbonyl (C=O) groups excluding carboxylic acids is 2. The summed E-state index contributed by atoms with van der Waals surface area (Å²) >= 11 is 1.11. The Morgan fingerprint density at radius 1 is 1.43 bits per heavy atom. The van der Waals surface area contributed by atoms with Gasteiger partial charge in [-0.3, -0.25) is 4.79 Å². The predicted molar refractivity (Wildman–Crippen MR) is 87.2 cm³/mol. The molecule has 128 valence electrons. The fourth-order valence-electron chi connectivity index (χ4n) is 2.78. The number of nitrogens with zero attached hydrogens (tertiary/aromatic N) is 1. The molecule has 1 aliphatic rings. The molecule has 2 atom stereocenters. The molecule has 0 radical (unpaired) electrons. The molecular formula is C16H23FN2O3S. The van der Waals surface area contributed by atoms with Crippen molar-refractivity contribution in [1.29, 1.82) is 0 Å². The van der Waals surface area contributed by atoms with Crippen LogP contribution in [-0.4, -0.2) is 35.1 Å². The number of piperidine rings is 1. The molecule has 23 heavy (non-hydrogen) atoms. The van der Waals surface area contributed by atoms with E-state index in [1.54, 1.807) is 4.90 Å². The van der Waals surface area contributed by atoms with Gasteiger partial charge in [0.2, 0.25) is 0 Å². The topological polar surface area (TPSA) is 72.6 Å². The molecule has 0 bridgehead atoms. The molecule has 1 saturated heterocycles. The van der Waals surface area contributed by atoms with Crippen molar-refractivity contribution in [2.45, 2.75) is 58.1 Å². The fraction of sp³-hybridized carbons (Fsp3) is 0.625. The van der Waals surface area contributed by atoms with Crippen molar-refractivity contribution in [1.82, 2.24) is 4.90 Å². The molecular weight excluding hydrogens is 319 g/mol. The summed E-state index contributed by atoms with van der Waals surface area (Å²) in [7, 11) is 0. The summed E-state index contributed by atoms with van der Waals surface area (Å²) in [4.78, 5) is 25.9. The first-order valence-electron chi connectivity index (χ1n) is 7.67. The van der Waals surface area contributed by atoms with E-state index < -0.39 is 17.3 Å². The van der Waals surface area contributed by atoms with Crippen molar-refractivity contribution >= 4 is 23.3 Å². The molecule has 2 heterocycles. The molecule has 0 aliphatic carbocycles. The lowest BCUT2D eigenvalue weighted by atomic mass is 9.90. The Labute approximate surface area is 139 Å². The van der Waals surface area contributed by atoms with Crippen LogP contribution in [0, 0.1) is 5.82 Å². The van der Waals surface area contributed by atoms with Gasteiger partial charge in [-0.05, 0) is 52.5 Å². The Kier molecular flexibility index (Phi) is 4.98. The van der Waals surface area contributed by atoms with E-state index in [2.05, 4.69) is 0 Å². The maximum atomic E-state index is 13.7. The van der Waals surface area contributed by atoms with Crippen LogP contribution in [0.4, 0.5) is 9.18 Å². The molecule has 7 heteroatoms. The lowest BCUT2D eigenvalue weighted by Crippen LogP contribution is -2.46. The van der Waals surface area contributed by atoms with Crippen molar-refractivity contribution < 1.29 is 18.7 Å². The number of hydrogen-bond acceptors (Lipinski definition) is 4. The van der Waals surface area contributed by atoms with Gasteiger partial charge in [0.1, 0.15) is 16.3 Å². The molecule has 1 aromatic rings. The van der Waals surface area contributed by atoms with Crippen LogP contribution in [0.2, 0.25) is 0 Å². The van der Waals surface area contributed by atoms with Gasteiger partial charge in [-0.15, -0.1) is 11.3 Å². The molecule has 1 aliphatic heterocycles. The maximum absolute atomic E-state index is 13.7. The van der Waals surface area contributed by atoms with Gasteiger partial charge < -0.3 is 15.4 Å². The molecule has 2 unspecified atom stereocenters. The zero-order chi connectivity index (χ0) is 17.4. The maximum Gasteiger partial charge on any atom is 0.410 e. The Morgan fingerprint density at radius 3 is 2.57 bits per heavy atom. The monoisotopic (exact) mass is 342 g/mol. The standard InChI is InChI=1S/C16H23FN2O3S/c1-9-7-10(12-8-11(17)13(23-12)14(18)20)5-6-19(9)15(21)22-16(2,3)4/h8-10H,5-7H2,1-4H3,(H2,18,20). The normalized spacial score (nSPS) is 22.0. The average Bonchev–Trinajstić information content (AvgIpc) is 2.78. The van der Waals surface area contributed by atoms with Gasteiger partial charge in [0.05, 0.1) is 0 Å². The highest BCUT2D eigenvalue weighted by molar-refractivity contribution is 7.14. The minimum Gasteiger partial charge on any atom is -0.444 e. The van der Waals surface area contributed by atoms with Gasteiger partial charge in [-0.2, -0.15) is 0 Å². The minimum absolute atomic E-state index is 0.00853. The number of rotatable bonds is 2. The van der Waals surface area contributed by atoms with Gasteiger partial charge in [-0.1, -0.05) is 0 Å². The number of amides is 2. The third kappa shape index (κ3) is 4.22. The number of primary amides is 1. The van der Waals surface area contributed by atoms with Crippen molar-refractivity contribution in [3.8, 4) is 0 Å². The van der Waals surface area contributed by atoms with Crippen LogP contribution in [-0.2, 0) is 4.74 Å². The summed E-state index contributed by atoms with van der Waals surface area (Å²) in [5.41, 5.74) is 4.64. The van der Waals surface area contributed by atoms with Crippen molar-refractivity contribution in [2.24, 2.45) is 5.73 Å². The lowest BCUT2D eigenvalue weighted by molar-refractivity contribution is 0.0104. The highest BCUT2D eigenvalue weighted by Gasteiger charge is 2.33. The number of carbonyl (C=O) groups is 2. The van der Waals surface area contributed by atoms with Gasteiger partial charge in [-0.25, -0.2) is 9.18 Å². The van der Waals surface area contributed by atoms with Crippen LogP contribution in [0.1, 0.15) is 61.0 Å². The SMILES string of the molecule is CC1CC(c2cc(F)c(C(N)=O)s2)CCN1C(=O)OC(C)(C)C. The first-order chi connectivity index (χ1) is 10.6. The second-order valence-corrected chi connectivity index (χ2v) is 8.02. The number of halogens is 1. The summed E-state index contributed by atoms with van der Waals surface area (Å²) in [5.74, 6) is -1.17. The van der Waals surface area contributed by atoms with E-state index in [9.17, 15) is 14.0 Å². The molecule has 5 nitrogen and oxygen atoms in total. The Bertz CT molecular complexity index is 609. The molecule has 2 rings (SSSR count). The van der Waals surface area contributed by atoms with Crippen LogP contribution in [0.15, 0.2) is 6.07 Å². The number of ether oxygens (including phenoxy) is 1. The lowest BCUT2D eigenvalue weighted by Gasteiger charge is -2.38. The van der Waals surface area contributed by atoms with E-state index in [4.69, 9.17) is 10.5 Å². The van der Waals surface area contributed by atoms with E-state index >= 15 is 0 Å². The van der Waals surface area contributed by atoms with E-state index in [1.165, 1.54) is 6.07 Å². The number of nitrogens with two attached hydrogens (primary N) is 1. The highest BCUT2D eigenvalue weighted by Crippen LogP contribution is 2.37. The number of thiophene rings is 1. The van der Waals surface area contributed by atoms with Crippen molar-refractivity contribution in [2.75, 3.05) is 6.54 Å². The summed E-state index contributed by atoms with van der Waals surface area (Å²) in [6.07, 6.45) is 1.10. The number of likely N-dealkylation sites (tertiary alicyclic amines) is 1. The number of hydrogen-bond donors (Lipinski definition) is 1. The zero-order valence-electron chi connectivity index (χ0n) is 13.9. The predicted octanol–water partition coefficient (Wildman–Crippen LogP) is 3.49. The van der Waals surface area contributed by atoms with Crippen molar-refractivity contribution in [3.05, 3.63) is 21.6 Å². The second kappa shape index (κ2) is 6.47. The summed E-state index contributed by atoms with van der Waals surface area (Å²) in [5, 5.41) is 0. The third-order valence-electron chi connectivity index (χ3n) is 3.84. The summed E-state index contributed by atoms with van der Waals surface area (Å²) in [6, 6.07) is 1.39. The van der Waals surface area contributed by atoms with Crippen molar-refractivity contribution in [3.63, 3.8) is 0 Å². The minimum atomic E-state index is -0.738. The van der Waals surface area contributed by atoms with Gasteiger partial charge >= 0.3 is 6.09 Å². The highest BCUT2D eigenvalue weighted by atomic mass is 32.1. The van der Waals surface area contributed by atoms with Crippen LogP contribution in [0.25, 0.3) is 0 Å². The molecule has 1 fully saturated rings. The Morgan fingerprint density at radius 2 is 2.09 bits per heavy atom. The zero-order valence-corrected chi connectivity index (χ0v) is 14.7. The van der Waals surface area contributed by atoms with Gasteiger partial charge in [0.15, 0.2) is 0 Å². The quantitative estimate of drug-likeness (QED) is 0.894. The van der Waals surface area contributed by atoms with Crippen LogP contribution < -0.4 is 5.73 Å². The molecule has 2 amide bonds. The van der Waals surface area contributed by atoms with Crippen LogP contribution in [0.3, 0.4) is 0 Å². The molecule has 1 aromatic heterocycles. The third-order valence-corrected chi connectivity index (χ3v) is 5.12.